The Morgan fingerprint density at radius 1 is 0.373 bits per heavy atom. The molecule has 11 aromatic rings. The number of fused-ring (bicyclic) bond motifs is 10. The van der Waals surface area contributed by atoms with Crippen LogP contribution in [0.3, 0.4) is 0 Å². The number of nitrogens with zero attached hydrogens (tertiary/aromatic N) is 2. The van der Waals surface area contributed by atoms with E-state index < -0.39 is 0 Å². The molecule has 0 amide bonds. The average Bonchev–Trinajstić information content (AvgIpc) is 3.73. The molecule has 0 saturated carbocycles. The van der Waals surface area contributed by atoms with E-state index in [0.717, 1.165) is 17.1 Å². The number of rotatable bonds is 4. The van der Waals surface area contributed by atoms with Crippen LogP contribution in [0.5, 0.6) is 0 Å². The second-order valence-electron chi connectivity index (χ2n) is 13.3. The fourth-order valence-corrected chi connectivity index (χ4v) is 9.44. The number of hydrogen-bond donors (Lipinski definition) is 0. The lowest BCUT2D eigenvalue weighted by Crippen LogP contribution is -2.11. The van der Waals surface area contributed by atoms with Gasteiger partial charge in [-0.05, 0) is 70.8 Å². The molecule has 3 heteroatoms. The first kappa shape index (κ1) is 28.4. The topological polar surface area (TPSA) is 8.17 Å². The lowest BCUT2D eigenvalue weighted by molar-refractivity contribution is 1.20. The van der Waals surface area contributed by atoms with Crippen LogP contribution >= 0.6 is 11.3 Å². The third kappa shape index (κ3) is 4.22. The summed E-state index contributed by atoms with van der Waals surface area (Å²) in [4.78, 5) is 2.47. The molecule has 9 aromatic carbocycles. The number of thiophene rings is 1. The van der Waals surface area contributed by atoms with Crippen molar-refractivity contribution in [3.05, 3.63) is 182 Å². The van der Waals surface area contributed by atoms with Crippen molar-refractivity contribution in [3.8, 4) is 5.69 Å². The highest BCUT2D eigenvalue weighted by molar-refractivity contribution is 7.26. The Hall–Kier alpha value is -6.42. The molecule has 2 nitrogen and oxygen atoms in total. The molecule has 2 heterocycles. The van der Waals surface area contributed by atoms with Crippen molar-refractivity contribution in [1.29, 1.82) is 0 Å². The van der Waals surface area contributed by atoms with Crippen molar-refractivity contribution in [2.24, 2.45) is 0 Å². The van der Waals surface area contributed by atoms with Gasteiger partial charge in [-0.25, -0.2) is 0 Å². The maximum Gasteiger partial charge on any atom is 0.0548 e. The summed E-state index contributed by atoms with van der Waals surface area (Å²) in [5, 5.41) is 12.5. The second kappa shape index (κ2) is 11.0. The molecule has 51 heavy (non-hydrogen) atoms. The molecule has 0 unspecified atom stereocenters. The number of anilines is 3. The van der Waals surface area contributed by atoms with Crippen LogP contribution in [0.1, 0.15) is 0 Å². The first-order chi connectivity index (χ1) is 25.3. The van der Waals surface area contributed by atoms with Gasteiger partial charge in [0.25, 0.3) is 0 Å². The van der Waals surface area contributed by atoms with Crippen molar-refractivity contribution in [1.82, 2.24) is 4.57 Å². The normalized spacial score (nSPS) is 11.9. The number of hydrogen-bond acceptors (Lipinski definition) is 2. The summed E-state index contributed by atoms with van der Waals surface area (Å²) in [5.74, 6) is 0. The van der Waals surface area contributed by atoms with Crippen LogP contribution in [0.2, 0.25) is 0 Å². The maximum absolute atomic E-state index is 2.49. The summed E-state index contributed by atoms with van der Waals surface area (Å²) in [6, 6.07) is 66.8. The minimum Gasteiger partial charge on any atom is -0.309 e. The van der Waals surface area contributed by atoms with Gasteiger partial charge in [-0.3, -0.25) is 0 Å². The number of benzene rings is 9. The van der Waals surface area contributed by atoms with E-state index >= 15 is 0 Å². The Morgan fingerprint density at radius 3 is 1.63 bits per heavy atom. The van der Waals surface area contributed by atoms with E-state index in [4.69, 9.17) is 0 Å². The SMILES string of the molecule is c1ccc2c(N(c3ccc4c(c3)c3c5c(ccc3n4-c3cccc4ccccc34)sc3ccccc35)c3cccc4ccccc34)cccc2c1. The first-order valence-electron chi connectivity index (χ1n) is 17.4. The van der Waals surface area contributed by atoms with Gasteiger partial charge >= 0.3 is 0 Å². The Morgan fingerprint density at radius 2 is 0.922 bits per heavy atom. The lowest BCUT2D eigenvalue weighted by Gasteiger charge is -2.28. The highest BCUT2D eigenvalue weighted by Gasteiger charge is 2.22. The van der Waals surface area contributed by atoms with Gasteiger partial charge < -0.3 is 9.47 Å². The second-order valence-corrected chi connectivity index (χ2v) is 14.4. The summed E-state index contributed by atoms with van der Waals surface area (Å²) in [5.41, 5.74) is 7.06. The van der Waals surface area contributed by atoms with Gasteiger partial charge in [-0.2, -0.15) is 0 Å². The highest BCUT2D eigenvalue weighted by atomic mass is 32.1. The molecule has 0 spiro atoms. The summed E-state index contributed by atoms with van der Waals surface area (Å²) in [7, 11) is 0. The first-order valence-corrected chi connectivity index (χ1v) is 18.3. The molecule has 0 aliphatic heterocycles. The molecular weight excluding hydrogens is 637 g/mol. The van der Waals surface area contributed by atoms with E-state index in [1.807, 2.05) is 11.3 Å². The van der Waals surface area contributed by atoms with E-state index in [1.165, 1.54) is 80.0 Å². The third-order valence-electron chi connectivity index (χ3n) is 10.5. The van der Waals surface area contributed by atoms with Crippen LogP contribution in [0.4, 0.5) is 17.1 Å². The molecule has 0 atom stereocenters. The molecule has 0 radical (unpaired) electrons. The highest BCUT2D eigenvalue weighted by Crippen LogP contribution is 2.47. The smallest absolute Gasteiger partial charge is 0.0548 e. The summed E-state index contributed by atoms with van der Waals surface area (Å²) >= 11 is 1.88. The molecule has 0 aliphatic carbocycles. The van der Waals surface area contributed by atoms with Crippen molar-refractivity contribution < 1.29 is 0 Å². The molecule has 238 valence electrons. The zero-order valence-corrected chi connectivity index (χ0v) is 28.4. The van der Waals surface area contributed by atoms with Crippen LogP contribution < -0.4 is 4.90 Å². The predicted octanol–water partition coefficient (Wildman–Crippen LogP) is 14.1. The predicted molar refractivity (Wildman–Crippen MR) is 221 cm³/mol. The Bertz CT molecular complexity index is 3070. The zero-order valence-electron chi connectivity index (χ0n) is 27.6. The van der Waals surface area contributed by atoms with Crippen molar-refractivity contribution in [3.63, 3.8) is 0 Å². The van der Waals surface area contributed by atoms with Gasteiger partial charge in [-0.15, -0.1) is 11.3 Å². The zero-order chi connectivity index (χ0) is 33.5. The minimum absolute atomic E-state index is 1.13. The van der Waals surface area contributed by atoms with Gasteiger partial charge in [0.1, 0.15) is 0 Å². The Balaban J connectivity index is 1.29. The van der Waals surface area contributed by atoms with Crippen LogP contribution in [0.15, 0.2) is 182 Å². The molecule has 2 aromatic heterocycles. The van der Waals surface area contributed by atoms with Crippen LogP contribution in [-0.4, -0.2) is 4.57 Å². The third-order valence-corrected chi connectivity index (χ3v) is 11.7. The summed E-state index contributed by atoms with van der Waals surface area (Å²) in [6.45, 7) is 0. The van der Waals surface area contributed by atoms with E-state index in [1.54, 1.807) is 0 Å². The lowest BCUT2D eigenvalue weighted by atomic mass is 10.0. The fraction of sp³-hybridized carbons (Fsp3) is 0. The average molecular weight is 667 g/mol. The van der Waals surface area contributed by atoms with Crippen LogP contribution in [0.25, 0.3) is 80.0 Å². The van der Waals surface area contributed by atoms with Crippen molar-refractivity contribution in [2.45, 2.75) is 0 Å². The van der Waals surface area contributed by atoms with Crippen molar-refractivity contribution in [2.75, 3.05) is 4.90 Å². The van der Waals surface area contributed by atoms with E-state index in [0.29, 0.717) is 0 Å². The molecular formula is C48H30N2S. The van der Waals surface area contributed by atoms with Gasteiger partial charge in [0, 0.05) is 52.8 Å². The van der Waals surface area contributed by atoms with E-state index in [-0.39, 0.29) is 0 Å². The molecule has 0 fully saturated rings. The molecule has 0 saturated heterocycles. The minimum atomic E-state index is 1.13. The van der Waals surface area contributed by atoms with Gasteiger partial charge in [0.05, 0.1) is 28.1 Å². The van der Waals surface area contributed by atoms with Gasteiger partial charge in [0.15, 0.2) is 0 Å². The molecule has 0 aliphatic rings. The largest absolute Gasteiger partial charge is 0.309 e. The Labute approximate surface area is 298 Å². The number of aromatic nitrogens is 1. The van der Waals surface area contributed by atoms with E-state index in [2.05, 4.69) is 191 Å². The Kier molecular flexibility index (Phi) is 6.16. The van der Waals surface area contributed by atoms with E-state index in [9.17, 15) is 0 Å². The molecule has 11 rings (SSSR count). The standard InChI is InChI=1S/C48H30N2S/c1-4-18-35-31(12-1)15-9-22-40(35)49(41-23-10-16-32-13-2-5-19-36(32)41)34-26-27-43-39(30-34)47-44(28-29-46-48(47)38-21-7-8-25-45(38)51-46)50(43)42-24-11-17-33-14-3-6-20-37(33)42/h1-30H. The molecule has 0 bridgehead atoms. The van der Waals surface area contributed by atoms with Crippen molar-refractivity contribution >= 4 is 103 Å². The molecule has 0 N–H and O–H groups in total. The monoisotopic (exact) mass is 666 g/mol. The van der Waals surface area contributed by atoms with Crippen LogP contribution in [0, 0.1) is 0 Å². The van der Waals surface area contributed by atoms with Gasteiger partial charge in [0.2, 0.25) is 0 Å². The summed E-state index contributed by atoms with van der Waals surface area (Å²) < 4.78 is 5.12. The van der Waals surface area contributed by atoms with Crippen LogP contribution in [-0.2, 0) is 0 Å². The quantitative estimate of drug-likeness (QED) is 0.181. The fourth-order valence-electron chi connectivity index (χ4n) is 8.33. The maximum atomic E-state index is 2.49. The summed E-state index contributed by atoms with van der Waals surface area (Å²) in [6.07, 6.45) is 0. The van der Waals surface area contributed by atoms with Gasteiger partial charge in [-0.1, -0.05) is 127 Å².